The zero-order valence-corrected chi connectivity index (χ0v) is 12.4. The summed E-state index contributed by atoms with van der Waals surface area (Å²) in [4.78, 5) is 26.2. The van der Waals surface area contributed by atoms with E-state index in [9.17, 15) is 14.9 Å². The van der Waals surface area contributed by atoms with Crippen LogP contribution < -0.4 is 5.32 Å². The fraction of sp³-hybridized carbons (Fsp3) is 0.133. The van der Waals surface area contributed by atoms with Gasteiger partial charge in [0.05, 0.1) is 24.2 Å². The predicted molar refractivity (Wildman–Crippen MR) is 82.7 cm³/mol. The average molecular weight is 327 g/mol. The molecular formula is C15H13N5O4. The first-order valence-corrected chi connectivity index (χ1v) is 7.07. The first-order valence-electron chi connectivity index (χ1n) is 7.07. The second kappa shape index (κ2) is 6.73. The summed E-state index contributed by atoms with van der Waals surface area (Å²) in [5.74, 6) is 1.21. The topological polar surface area (TPSA) is 127 Å². The second-order valence-corrected chi connectivity index (χ2v) is 4.94. The van der Waals surface area contributed by atoms with E-state index in [0.717, 1.165) is 0 Å². The highest BCUT2D eigenvalue weighted by atomic mass is 16.6. The Morgan fingerprint density at radius 3 is 2.75 bits per heavy atom. The van der Waals surface area contributed by atoms with E-state index in [1.165, 1.54) is 18.4 Å². The molecule has 9 nitrogen and oxygen atoms in total. The molecule has 122 valence electrons. The number of amides is 1. The van der Waals surface area contributed by atoms with E-state index in [2.05, 4.69) is 20.5 Å². The summed E-state index contributed by atoms with van der Waals surface area (Å²) in [7, 11) is 0. The van der Waals surface area contributed by atoms with Gasteiger partial charge in [0.1, 0.15) is 11.6 Å². The number of hydrogen-bond acceptors (Lipinski definition) is 6. The van der Waals surface area contributed by atoms with Gasteiger partial charge in [-0.05, 0) is 24.3 Å². The van der Waals surface area contributed by atoms with Gasteiger partial charge in [-0.15, -0.1) is 0 Å². The van der Waals surface area contributed by atoms with Crippen molar-refractivity contribution < 1.29 is 14.1 Å². The van der Waals surface area contributed by atoms with Gasteiger partial charge in [0.25, 0.3) is 5.69 Å². The molecule has 3 aromatic rings. The molecule has 0 saturated heterocycles. The first-order chi connectivity index (χ1) is 11.6. The van der Waals surface area contributed by atoms with E-state index >= 15 is 0 Å². The lowest BCUT2D eigenvalue weighted by molar-refractivity contribution is -0.384. The van der Waals surface area contributed by atoms with Crippen molar-refractivity contribution in [2.45, 2.75) is 13.0 Å². The fourth-order valence-electron chi connectivity index (χ4n) is 2.05. The van der Waals surface area contributed by atoms with E-state index in [1.807, 2.05) is 0 Å². The number of H-pyrrole nitrogens is 1. The van der Waals surface area contributed by atoms with Crippen molar-refractivity contribution in [1.29, 1.82) is 0 Å². The number of nitrogens with one attached hydrogen (secondary N) is 2. The number of nitro groups is 1. The number of furan rings is 1. The van der Waals surface area contributed by atoms with Crippen LogP contribution in [-0.2, 0) is 17.8 Å². The highest BCUT2D eigenvalue weighted by Crippen LogP contribution is 2.19. The molecule has 0 atom stereocenters. The third-order valence-electron chi connectivity index (χ3n) is 3.24. The molecule has 2 heterocycles. The Morgan fingerprint density at radius 1 is 1.29 bits per heavy atom. The molecule has 3 rings (SSSR count). The van der Waals surface area contributed by atoms with Crippen molar-refractivity contribution in [3.8, 4) is 11.4 Å². The zero-order chi connectivity index (χ0) is 16.9. The maximum absolute atomic E-state index is 11.9. The monoisotopic (exact) mass is 327 g/mol. The largest absolute Gasteiger partial charge is 0.467 e. The molecule has 0 saturated carbocycles. The van der Waals surface area contributed by atoms with Gasteiger partial charge in [-0.3, -0.25) is 20.0 Å². The highest BCUT2D eigenvalue weighted by molar-refractivity contribution is 5.77. The van der Waals surface area contributed by atoms with Crippen molar-refractivity contribution in [3.05, 3.63) is 64.4 Å². The number of non-ortho nitro benzene ring substituents is 1. The van der Waals surface area contributed by atoms with Crippen LogP contribution in [-0.4, -0.2) is 26.0 Å². The summed E-state index contributed by atoms with van der Waals surface area (Å²) in [5.41, 5.74) is 0.617. The Labute approximate surface area is 135 Å². The summed E-state index contributed by atoms with van der Waals surface area (Å²) in [6.45, 7) is 0.301. The third kappa shape index (κ3) is 3.64. The molecule has 9 heteroatoms. The van der Waals surface area contributed by atoms with E-state index in [4.69, 9.17) is 4.42 Å². The smallest absolute Gasteiger partial charge is 0.269 e. The Hall–Kier alpha value is -3.49. The Balaban J connectivity index is 1.60. The molecular weight excluding hydrogens is 314 g/mol. The normalized spacial score (nSPS) is 10.5. The highest BCUT2D eigenvalue weighted by Gasteiger charge is 2.12. The molecule has 0 bridgehead atoms. The van der Waals surface area contributed by atoms with Crippen LogP contribution in [0.25, 0.3) is 11.4 Å². The standard InChI is InChI=1S/C15H13N5O4/c21-14(16-9-12-2-1-7-24-12)8-13-17-15(19-18-13)10-3-5-11(6-4-10)20(22)23/h1-7H,8-9H2,(H,16,21)(H,17,18,19). The van der Waals surface area contributed by atoms with Crippen LogP contribution in [0.5, 0.6) is 0 Å². The minimum absolute atomic E-state index is 0.00758. The molecule has 0 aliphatic heterocycles. The van der Waals surface area contributed by atoms with Gasteiger partial charge >= 0.3 is 0 Å². The molecule has 0 fully saturated rings. The molecule has 2 N–H and O–H groups in total. The summed E-state index contributed by atoms with van der Waals surface area (Å²) in [5, 5.41) is 20.1. The summed E-state index contributed by atoms with van der Waals surface area (Å²) < 4.78 is 5.12. The molecule has 0 aliphatic carbocycles. The van der Waals surface area contributed by atoms with Crippen LogP contribution in [0, 0.1) is 10.1 Å². The molecule has 1 amide bonds. The molecule has 0 aliphatic rings. The molecule has 0 spiro atoms. The lowest BCUT2D eigenvalue weighted by atomic mass is 10.2. The Morgan fingerprint density at radius 2 is 2.08 bits per heavy atom. The fourth-order valence-corrected chi connectivity index (χ4v) is 2.05. The van der Waals surface area contributed by atoms with Gasteiger partial charge in [0.2, 0.25) is 5.91 Å². The first kappa shape index (κ1) is 15.4. The minimum atomic E-state index is -0.476. The van der Waals surface area contributed by atoms with Gasteiger partial charge in [0.15, 0.2) is 5.82 Å². The molecule has 1 aromatic carbocycles. The second-order valence-electron chi connectivity index (χ2n) is 4.94. The number of nitro benzene ring substituents is 1. The number of hydrogen-bond donors (Lipinski definition) is 2. The lowest BCUT2D eigenvalue weighted by Crippen LogP contribution is -2.24. The van der Waals surface area contributed by atoms with E-state index in [1.54, 1.807) is 24.3 Å². The lowest BCUT2D eigenvalue weighted by Gasteiger charge is -2.00. The van der Waals surface area contributed by atoms with E-state index in [-0.39, 0.29) is 18.0 Å². The number of aromatic amines is 1. The van der Waals surface area contributed by atoms with Crippen LogP contribution >= 0.6 is 0 Å². The van der Waals surface area contributed by atoms with Gasteiger partial charge in [-0.25, -0.2) is 4.98 Å². The number of benzene rings is 1. The maximum Gasteiger partial charge on any atom is 0.269 e. The van der Waals surface area contributed by atoms with Gasteiger partial charge < -0.3 is 9.73 Å². The average Bonchev–Trinajstić information content (AvgIpc) is 3.25. The van der Waals surface area contributed by atoms with Crippen molar-refractivity contribution in [3.63, 3.8) is 0 Å². The van der Waals surface area contributed by atoms with Crippen molar-refractivity contribution in [2.75, 3.05) is 0 Å². The maximum atomic E-state index is 11.9. The Bertz CT molecular complexity index is 839. The molecule has 0 unspecified atom stereocenters. The van der Waals surface area contributed by atoms with Crippen molar-refractivity contribution in [2.24, 2.45) is 0 Å². The van der Waals surface area contributed by atoms with Crippen LogP contribution in [0.3, 0.4) is 0 Å². The van der Waals surface area contributed by atoms with E-state index < -0.39 is 4.92 Å². The third-order valence-corrected chi connectivity index (χ3v) is 3.24. The SMILES string of the molecule is O=C(Cc1nc(-c2ccc([N+](=O)[O-])cc2)n[nH]1)NCc1ccco1. The summed E-state index contributed by atoms with van der Waals surface area (Å²) >= 11 is 0. The molecule has 24 heavy (non-hydrogen) atoms. The van der Waals surface area contributed by atoms with Crippen LogP contribution in [0.2, 0.25) is 0 Å². The minimum Gasteiger partial charge on any atom is -0.467 e. The number of carbonyl (C=O) groups is 1. The molecule has 2 aromatic heterocycles. The van der Waals surface area contributed by atoms with Crippen LogP contribution in [0.1, 0.15) is 11.6 Å². The van der Waals surface area contributed by atoms with E-state index in [0.29, 0.717) is 29.5 Å². The van der Waals surface area contributed by atoms with Gasteiger partial charge in [0, 0.05) is 17.7 Å². The molecule has 0 radical (unpaired) electrons. The van der Waals surface area contributed by atoms with Gasteiger partial charge in [-0.1, -0.05) is 0 Å². The number of nitrogens with zero attached hydrogens (tertiary/aromatic N) is 3. The number of rotatable bonds is 6. The van der Waals surface area contributed by atoms with Gasteiger partial charge in [-0.2, -0.15) is 5.10 Å². The Kier molecular flexibility index (Phi) is 4.32. The summed E-state index contributed by atoms with van der Waals surface area (Å²) in [6.07, 6.45) is 1.58. The predicted octanol–water partition coefficient (Wildman–Crippen LogP) is 1.83. The van der Waals surface area contributed by atoms with Crippen LogP contribution in [0.4, 0.5) is 5.69 Å². The van der Waals surface area contributed by atoms with Crippen molar-refractivity contribution in [1.82, 2.24) is 20.5 Å². The summed E-state index contributed by atoms with van der Waals surface area (Å²) in [6, 6.07) is 9.38. The number of aromatic nitrogens is 3. The quantitative estimate of drug-likeness (QED) is 0.525. The van der Waals surface area contributed by atoms with Crippen LogP contribution in [0.15, 0.2) is 47.1 Å². The number of carbonyl (C=O) groups excluding carboxylic acids is 1. The van der Waals surface area contributed by atoms with Crippen molar-refractivity contribution >= 4 is 11.6 Å². The zero-order valence-electron chi connectivity index (χ0n) is 12.4.